The third-order valence-electron chi connectivity index (χ3n) is 7.78. The van der Waals surface area contributed by atoms with Crippen LogP contribution in [0.4, 0.5) is 5.82 Å². The Bertz CT molecular complexity index is 1440. The van der Waals surface area contributed by atoms with Gasteiger partial charge in [0.15, 0.2) is 5.65 Å². The molecule has 36 heavy (non-hydrogen) atoms. The minimum absolute atomic E-state index is 0.00119. The minimum atomic E-state index is -0.0906. The molecule has 0 unspecified atom stereocenters. The van der Waals surface area contributed by atoms with Gasteiger partial charge >= 0.3 is 0 Å². The molecule has 2 aliphatic heterocycles. The lowest BCUT2D eigenvalue weighted by Gasteiger charge is -2.35. The molecule has 1 amide bonds. The van der Waals surface area contributed by atoms with E-state index in [1.807, 2.05) is 45.8 Å². The van der Waals surface area contributed by atoms with E-state index < -0.39 is 0 Å². The van der Waals surface area contributed by atoms with Gasteiger partial charge in [-0.3, -0.25) is 4.79 Å². The first kappa shape index (κ1) is 22.8. The van der Waals surface area contributed by atoms with Crippen LogP contribution in [0.1, 0.15) is 60.3 Å². The minimum Gasteiger partial charge on any atom is -0.496 e. The third kappa shape index (κ3) is 3.87. The number of fused-ring (bicyclic) bond motifs is 2. The number of hydrogen-bond acceptors (Lipinski definition) is 5. The summed E-state index contributed by atoms with van der Waals surface area (Å²) in [5.74, 6) is 2.35. The monoisotopic (exact) mass is 483 g/mol. The average molecular weight is 484 g/mol. The van der Waals surface area contributed by atoms with Crippen molar-refractivity contribution >= 4 is 28.1 Å². The first-order chi connectivity index (χ1) is 17.5. The topological polar surface area (TPSA) is 63.0 Å². The Hall–Kier alpha value is -3.61. The quantitative estimate of drug-likeness (QED) is 0.388. The molecule has 2 saturated heterocycles. The van der Waals surface area contributed by atoms with Crippen molar-refractivity contribution in [2.75, 3.05) is 31.6 Å². The molecule has 4 heterocycles. The number of likely N-dealkylation sites (tertiary alicyclic amines) is 1. The summed E-state index contributed by atoms with van der Waals surface area (Å²) in [6.45, 7) is 7.19. The fourth-order valence-corrected chi connectivity index (χ4v) is 5.90. The van der Waals surface area contributed by atoms with Crippen LogP contribution < -0.4 is 9.64 Å². The zero-order chi connectivity index (χ0) is 24.8. The molecule has 2 atom stereocenters. The Morgan fingerprint density at radius 3 is 2.75 bits per heavy atom. The summed E-state index contributed by atoms with van der Waals surface area (Å²) in [6, 6.07) is 13.9. The predicted octanol–water partition coefficient (Wildman–Crippen LogP) is 5.41. The van der Waals surface area contributed by atoms with E-state index in [-0.39, 0.29) is 11.9 Å². The molecule has 2 fully saturated rings. The van der Waals surface area contributed by atoms with Crippen LogP contribution in [0.3, 0.4) is 0 Å². The molecule has 2 aliphatic rings. The summed E-state index contributed by atoms with van der Waals surface area (Å²) in [6.07, 6.45) is 6.22. The Morgan fingerprint density at radius 2 is 1.94 bits per heavy atom. The fourth-order valence-electron chi connectivity index (χ4n) is 5.90. The Kier molecular flexibility index (Phi) is 5.78. The van der Waals surface area contributed by atoms with Gasteiger partial charge in [0.2, 0.25) is 0 Å². The van der Waals surface area contributed by atoms with Gasteiger partial charge in [0.05, 0.1) is 24.4 Å². The van der Waals surface area contributed by atoms with E-state index in [1.165, 1.54) is 6.42 Å². The van der Waals surface area contributed by atoms with Gasteiger partial charge in [-0.05, 0) is 55.4 Å². The zero-order valence-electron chi connectivity index (χ0n) is 21.3. The van der Waals surface area contributed by atoms with Crippen LogP contribution in [-0.2, 0) is 0 Å². The number of nitrogens with zero attached hydrogens (tertiary/aromatic N) is 5. The first-order valence-electron chi connectivity index (χ1n) is 13.0. The Labute approximate surface area is 211 Å². The van der Waals surface area contributed by atoms with Gasteiger partial charge in [0.25, 0.3) is 5.91 Å². The highest BCUT2D eigenvalue weighted by molar-refractivity contribution is 6.09. The Morgan fingerprint density at radius 1 is 1.08 bits per heavy atom. The molecule has 0 bridgehead atoms. The van der Waals surface area contributed by atoms with Crippen LogP contribution in [0.2, 0.25) is 0 Å². The number of carbonyl (C=O) groups is 1. The van der Waals surface area contributed by atoms with E-state index in [2.05, 4.69) is 31.0 Å². The molecule has 0 radical (unpaired) electrons. The second-order valence-corrected chi connectivity index (χ2v) is 10.3. The number of benzene rings is 2. The zero-order valence-corrected chi connectivity index (χ0v) is 21.3. The van der Waals surface area contributed by atoms with Crippen LogP contribution in [0.25, 0.3) is 16.4 Å². The number of hydrogen-bond donors (Lipinski definition) is 0. The molecule has 2 aromatic carbocycles. The van der Waals surface area contributed by atoms with Crippen molar-refractivity contribution in [3.8, 4) is 5.75 Å². The lowest BCUT2D eigenvalue weighted by molar-refractivity contribution is 0.0604. The fraction of sp³-hybridized carbons (Fsp3) is 0.414. The second-order valence-electron chi connectivity index (χ2n) is 10.3. The van der Waals surface area contributed by atoms with Crippen molar-refractivity contribution in [1.29, 1.82) is 0 Å². The normalized spacial score (nSPS) is 20.4. The van der Waals surface area contributed by atoms with Crippen molar-refractivity contribution in [3.63, 3.8) is 0 Å². The van der Waals surface area contributed by atoms with Crippen molar-refractivity contribution in [3.05, 3.63) is 65.5 Å². The maximum absolute atomic E-state index is 14.1. The van der Waals surface area contributed by atoms with Gasteiger partial charge in [-0.15, -0.1) is 0 Å². The average Bonchev–Trinajstić information content (AvgIpc) is 3.52. The Balaban J connectivity index is 1.38. The number of aromatic nitrogens is 3. The van der Waals surface area contributed by atoms with E-state index >= 15 is 0 Å². The van der Waals surface area contributed by atoms with E-state index in [9.17, 15) is 4.79 Å². The van der Waals surface area contributed by atoms with Crippen LogP contribution in [0.15, 0.2) is 48.7 Å². The number of anilines is 1. The molecule has 6 rings (SSSR count). The maximum atomic E-state index is 14.1. The van der Waals surface area contributed by atoms with E-state index in [0.717, 1.165) is 65.8 Å². The molecule has 7 nitrogen and oxygen atoms in total. The van der Waals surface area contributed by atoms with Gasteiger partial charge in [0, 0.05) is 37.5 Å². The van der Waals surface area contributed by atoms with E-state index in [1.54, 1.807) is 7.11 Å². The molecule has 186 valence electrons. The largest absolute Gasteiger partial charge is 0.496 e. The summed E-state index contributed by atoms with van der Waals surface area (Å²) in [4.78, 5) is 23.5. The van der Waals surface area contributed by atoms with Gasteiger partial charge in [-0.1, -0.05) is 37.3 Å². The molecular formula is C29H33N5O2. The highest BCUT2D eigenvalue weighted by Gasteiger charge is 2.33. The lowest BCUT2D eigenvalue weighted by Crippen LogP contribution is -2.39. The molecule has 0 aliphatic carbocycles. The standard InChI is InChI=1S/C29H33N5O2/c1-19-13-15-32(17-19)28-20(2)18-34-26(30-28)16-23(31-34)24-10-6-7-14-33(24)29(35)27-22-9-5-4-8-21(22)11-12-25(27)36-3/h4-5,8-9,11-12,16,18-19,24H,6-7,10,13-15,17H2,1-3H3/t19-,24-/m0/s1. The summed E-state index contributed by atoms with van der Waals surface area (Å²) in [5.41, 5.74) is 3.50. The SMILES string of the molecule is COc1ccc2ccccc2c1C(=O)N1CCCC[C@H]1c1cc2nc(N3CC[C@H](C)C3)c(C)cn2n1. The second kappa shape index (κ2) is 9.12. The van der Waals surface area contributed by atoms with Crippen LogP contribution in [0, 0.1) is 12.8 Å². The molecule has 7 heteroatoms. The van der Waals surface area contributed by atoms with E-state index in [0.29, 0.717) is 23.8 Å². The van der Waals surface area contributed by atoms with Crippen molar-refractivity contribution in [2.45, 2.75) is 45.6 Å². The number of methoxy groups -OCH3 is 1. The molecule has 0 N–H and O–H groups in total. The number of amides is 1. The lowest BCUT2D eigenvalue weighted by atomic mass is 9.96. The molecule has 4 aromatic rings. The number of carbonyl (C=O) groups excluding carboxylic acids is 1. The molecule has 0 saturated carbocycles. The van der Waals surface area contributed by atoms with E-state index in [4.69, 9.17) is 14.8 Å². The molecular weight excluding hydrogens is 450 g/mol. The highest BCUT2D eigenvalue weighted by atomic mass is 16.5. The summed E-state index contributed by atoms with van der Waals surface area (Å²) < 4.78 is 7.53. The van der Waals surface area contributed by atoms with Crippen molar-refractivity contribution in [2.24, 2.45) is 5.92 Å². The third-order valence-corrected chi connectivity index (χ3v) is 7.78. The van der Waals surface area contributed by atoms with Gasteiger partial charge in [0.1, 0.15) is 11.6 Å². The number of rotatable bonds is 4. The molecule has 0 spiro atoms. The number of piperidine rings is 1. The number of aryl methyl sites for hydroxylation is 1. The summed E-state index contributed by atoms with van der Waals surface area (Å²) >= 11 is 0. The first-order valence-corrected chi connectivity index (χ1v) is 13.0. The van der Waals surface area contributed by atoms with Crippen LogP contribution in [0.5, 0.6) is 5.75 Å². The van der Waals surface area contributed by atoms with Gasteiger partial charge in [-0.2, -0.15) is 5.10 Å². The van der Waals surface area contributed by atoms with Crippen LogP contribution in [-0.4, -0.2) is 52.1 Å². The summed E-state index contributed by atoms with van der Waals surface area (Å²) in [7, 11) is 1.63. The smallest absolute Gasteiger partial charge is 0.258 e. The number of ether oxygens (including phenoxy) is 1. The van der Waals surface area contributed by atoms with Gasteiger partial charge in [-0.25, -0.2) is 9.50 Å². The van der Waals surface area contributed by atoms with Crippen molar-refractivity contribution < 1.29 is 9.53 Å². The predicted molar refractivity (Wildman–Crippen MR) is 142 cm³/mol. The maximum Gasteiger partial charge on any atom is 0.258 e. The summed E-state index contributed by atoms with van der Waals surface area (Å²) in [5, 5.41) is 6.87. The molecule has 2 aromatic heterocycles. The van der Waals surface area contributed by atoms with Crippen LogP contribution >= 0.6 is 0 Å². The van der Waals surface area contributed by atoms with Crippen molar-refractivity contribution in [1.82, 2.24) is 19.5 Å². The highest BCUT2D eigenvalue weighted by Crippen LogP contribution is 2.36. The van der Waals surface area contributed by atoms with Gasteiger partial charge < -0.3 is 14.5 Å².